The molecule has 0 fully saturated rings. The van der Waals surface area contributed by atoms with Crippen LogP contribution in [0, 0.1) is 0 Å². The number of thiophene rings is 1. The van der Waals surface area contributed by atoms with Gasteiger partial charge in [-0.2, -0.15) is 5.10 Å². The summed E-state index contributed by atoms with van der Waals surface area (Å²) in [5.74, 6) is 1.86. The summed E-state index contributed by atoms with van der Waals surface area (Å²) in [4.78, 5) is 9.57. The highest BCUT2D eigenvalue weighted by Gasteiger charge is 2.34. The van der Waals surface area contributed by atoms with Crippen molar-refractivity contribution in [2.45, 2.75) is 32.6 Å². The van der Waals surface area contributed by atoms with Crippen molar-refractivity contribution in [3.63, 3.8) is 0 Å². The number of anilines is 2. The van der Waals surface area contributed by atoms with Crippen LogP contribution in [-0.2, 0) is 26.2 Å². The van der Waals surface area contributed by atoms with Gasteiger partial charge in [0.1, 0.15) is 23.7 Å². The Kier molecular flexibility index (Phi) is 5.23. The Hall–Kier alpha value is -3.03. The van der Waals surface area contributed by atoms with Gasteiger partial charge in [-0.05, 0) is 53.8 Å². The number of hydrogen-bond donors (Lipinski definition) is 0. The number of nitrogens with zero attached hydrogens (tertiary/aromatic N) is 5. The van der Waals surface area contributed by atoms with E-state index in [1.54, 1.807) is 13.4 Å². The molecule has 33 heavy (non-hydrogen) atoms. The van der Waals surface area contributed by atoms with Gasteiger partial charge in [0.15, 0.2) is 5.82 Å². The smallest absolute Gasteiger partial charge is 0.163 e. The molecule has 2 aliphatic rings. The zero-order valence-electron chi connectivity index (χ0n) is 18.4. The van der Waals surface area contributed by atoms with Crippen LogP contribution in [0.25, 0.3) is 11.4 Å². The quantitative estimate of drug-likeness (QED) is 0.374. The third kappa shape index (κ3) is 3.75. The van der Waals surface area contributed by atoms with E-state index in [2.05, 4.69) is 44.1 Å². The van der Waals surface area contributed by atoms with Gasteiger partial charge >= 0.3 is 0 Å². The number of halogens is 1. The molecule has 2 aromatic carbocycles. The second-order valence-corrected chi connectivity index (χ2v) is 9.90. The van der Waals surface area contributed by atoms with Crippen molar-refractivity contribution in [3.05, 3.63) is 76.6 Å². The van der Waals surface area contributed by atoms with Crippen LogP contribution in [0.5, 0.6) is 5.75 Å². The Labute approximate surface area is 202 Å². The molecule has 0 amide bonds. The molecular weight excluding hydrogens is 454 g/mol. The van der Waals surface area contributed by atoms with Crippen LogP contribution in [0.1, 0.15) is 23.1 Å². The van der Waals surface area contributed by atoms with Crippen molar-refractivity contribution in [1.82, 2.24) is 14.8 Å². The molecule has 4 aromatic rings. The van der Waals surface area contributed by atoms with Crippen molar-refractivity contribution in [2.75, 3.05) is 23.5 Å². The molecule has 2 aromatic heterocycles. The number of ether oxygens (including phenoxy) is 1. The summed E-state index contributed by atoms with van der Waals surface area (Å²) < 4.78 is 7.35. The number of methoxy groups -OCH3 is 1. The molecule has 8 heteroatoms. The Morgan fingerprint density at radius 2 is 1.70 bits per heavy atom. The van der Waals surface area contributed by atoms with Crippen molar-refractivity contribution < 1.29 is 4.74 Å². The van der Waals surface area contributed by atoms with E-state index < -0.39 is 0 Å². The molecule has 0 saturated carbocycles. The van der Waals surface area contributed by atoms with Gasteiger partial charge in [0, 0.05) is 24.7 Å². The average molecular weight is 478 g/mol. The zero-order valence-corrected chi connectivity index (χ0v) is 19.9. The van der Waals surface area contributed by atoms with Crippen LogP contribution in [0.15, 0.2) is 54.9 Å². The minimum absolute atomic E-state index is 0.699. The van der Waals surface area contributed by atoms with E-state index in [4.69, 9.17) is 16.3 Å². The molecule has 0 N–H and O–H groups in total. The van der Waals surface area contributed by atoms with Gasteiger partial charge in [0.25, 0.3) is 0 Å². The van der Waals surface area contributed by atoms with Crippen molar-refractivity contribution >= 4 is 32.9 Å². The molecule has 6 nitrogen and oxygen atoms in total. The Morgan fingerprint density at radius 3 is 2.45 bits per heavy atom. The summed E-state index contributed by atoms with van der Waals surface area (Å²) in [5, 5.41) is 7.95. The maximum absolute atomic E-state index is 6.10. The van der Waals surface area contributed by atoms with Gasteiger partial charge in [-0.15, -0.1) is 0 Å². The van der Waals surface area contributed by atoms with E-state index >= 15 is 0 Å². The monoisotopic (exact) mass is 477 g/mol. The second-order valence-electron chi connectivity index (χ2n) is 8.49. The summed E-state index contributed by atoms with van der Waals surface area (Å²) in [6, 6.07) is 16.5. The first-order valence-electron chi connectivity index (χ1n) is 11.1. The SMILES string of the molecule is COc1ccc(CN2Cn3ncnc3-c3c2sc2c3CCCN2Cc2ccc(Cl)cc2)cc1. The van der Waals surface area contributed by atoms with E-state index in [-0.39, 0.29) is 0 Å². The van der Waals surface area contributed by atoms with Crippen molar-refractivity contribution in [1.29, 1.82) is 0 Å². The number of fused-ring (bicyclic) bond motifs is 5. The number of hydrogen-bond acceptors (Lipinski definition) is 6. The molecule has 6 rings (SSSR count). The van der Waals surface area contributed by atoms with Crippen LogP contribution < -0.4 is 14.5 Å². The van der Waals surface area contributed by atoms with Gasteiger partial charge in [-0.1, -0.05) is 47.2 Å². The van der Waals surface area contributed by atoms with Crippen LogP contribution in [0.3, 0.4) is 0 Å². The van der Waals surface area contributed by atoms with Crippen LogP contribution in [-0.4, -0.2) is 28.4 Å². The summed E-state index contributed by atoms with van der Waals surface area (Å²) in [5.41, 5.74) is 5.18. The topological polar surface area (TPSA) is 46.4 Å². The predicted molar refractivity (Wildman–Crippen MR) is 133 cm³/mol. The molecule has 0 unspecified atom stereocenters. The normalized spacial score (nSPS) is 14.6. The lowest BCUT2D eigenvalue weighted by Gasteiger charge is -2.30. The molecule has 0 bridgehead atoms. The molecule has 0 radical (unpaired) electrons. The molecule has 2 aliphatic heterocycles. The van der Waals surface area contributed by atoms with Gasteiger partial charge in [-0.25, -0.2) is 9.67 Å². The highest BCUT2D eigenvalue weighted by molar-refractivity contribution is 7.21. The minimum atomic E-state index is 0.699. The Morgan fingerprint density at radius 1 is 0.970 bits per heavy atom. The highest BCUT2D eigenvalue weighted by atomic mass is 35.5. The molecule has 0 atom stereocenters. The fourth-order valence-electron chi connectivity index (χ4n) is 4.75. The fraction of sp³-hybridized carbons (Fsp3) is 0.280. The van der Waals surface area contributed by atoms with Crippen molar-refractivity contribution in [2.24, 2.45) is 0 Å². The van der Waals surface area contributed by atoms with Crippen LogP contribution in [0.2, 0.25) is 5.02 Å². The van der Waals surface area contributed by atoms with E-state index in [1.807, 2.05) is 40.3 Å². The first kappa shape index (κ1) is 20.6. The van der Waals surface area contributed by atoms with E-state index in [1.165, 1.54) is 32.3 Å². The summed E-state index contributed by atoms with van der Waals surface area (Å²) in [6.07, 6.45) is 3.88. The number of rotatable bonds is 5. The van der Waals surface area contributed by atoms with Gasteiger partial charge < -0.3 is 14.5 Å². The van der Waals surface area contributed by atoms with E-state index in [0.29, 0.717) is 6.67 Å². The zero-order chi connectivity index (χ0) is 22.4. The van der Waals surface area contributed by atoms with Crippen LogP contribution >= 0.6 is 22.9 Å². The van der Waals surface area contributed by atoms with Gasteiger partial charge in [0.05, 0.1) is 17.7 Å². The lowest BCUT2D eigenvalue weighted by atomic mass is 10.0. The minimum Gasteiger partial charge on any atom is -0.497 e. The first-order chi connectivity index (χ1) is 16.2. The summed E-state index contributed by atoms with van der Waals surface area (Å²) in [7, 11) is 1.70. The maximum Gasteiger partial charge on any atom is 0.163 e. The molecule has 168 valence electrons. The fourth-order valence-corrected chi connectivity index (χ4v) is 6.24. The average Bonchev–Trinajstić information content (AvgIpc) is 3.46. The highest BCUT2D eigenvalue weighted by Crippen LogP contribution is 2.51. The number of aromatic nitrogens is 3. The first-order valence-corrected chi connectivity index (χ1v) is 12.3. The van der Waals surface area contributed by atoms with E-state index in [9.17, 15) is 0 Å². The third-order valence-corrected chi connectivity index (χ3v) is 7.96. The predicted octanol–water partition coefficient (Wildman–Crippen LogP) is 5.60. The second kappa shape index (κ2) is 8.39. The standard InChI is InChI=1S/C25H24ClN5OS/c1-32-20-10-6-18(7-11-20)14-30-16-31-23(27-15-28-31)22-21-3-2-12-29(24(21)33-25(22)30)13-17-4-8-19(26)9-5-17/h4-11,15H,2-3,12-14,16H2,1H3. The lowest BCUT2D eigenvalue weighted by Crippen LogP contribution is -2.30. The molecule has 0 spiro atoms. The largest absolute Gasteiger partial charge is 0.497 e. The number of benzene rings is 2. The summed E-state index contributed by atoms with van der Waals surface area (Å²) >= 11 is 7.99. The Bertz CT molecular complexity index is 1280. The Balaban J connectivity index is 1.37. The molecular formula is C25H24ClN5OS. The lowest BCUT2D eigenvalue weighted by molar-refractivity contribution is 0.414. The van der Waals surface area contributed by atoms with Gasteiger partial charge in [0.2, 0.25) is 0 Å². The third-order valence-electron chi connectivity index (χ3n) is 6.36. The summed E-state index contributed by atoms with van der Waals surface area (Å²) in [6.45, 7) is 3.45. The van der Waals surface area contributed by atoms with Crippen molar-refractivity contribution in [3.8, 4) is 17.1 Å². The molecule has 0 saturated heterocycles. The molecule has 4 heterocycles. The van der Waals surface area contributed by atoms with Crippen LogP contribution in [0.4, 0.5) is 10.0 Å². The van der Waals surface area contributed by atoms with Gasteiger partial charge in [-0.3, -0.25) is 0 Å². The van der Waals surface area contributed by atoms with E-state index in [0.717, 1.165) is 49.1 Å². The maximum atomic E-state index is 6.10. The molecule has 0 aliphatic carbocycles.